The predicted octanol–water partition coefficient (Wildman–Crippen LogP) is 3.44. The Balaban J connectivity index is 2.29. The van der Waals surface area contributed by atoms with Gasteiger partial charge in [0.2, 0.25) is 0 Å². The standard InChI is InChI=1S/C12H8BrFN2O/c13-10-2-1-5-15-12(10)16-7-8-3-4-9(14)6-11(8)17/h1-7,17H/b16-7+. The summed E-state index contributed by atoms with van der Waals surface area (Å²) < 4.78 is 13.5. The maximum absolute atomic E-state index is 12.8. The number of aliphatic imine (C=N–C) groups is 1. The van der Waals surface area contributed by atoms with E-state index in [1.54, 1.807) is 12.3 Å². The Morgan fingerprint density at radius 1 is 1.35 bits per heavy atom. The summed E-state index contributed by atoms with van der Waals surface area (Å²) in [6, 6.07) is 7.33. The molecule has 1 aromatic heterocycles. The molecule has 0 bridgehead atoms. The fourth-order valence-electron chi connectivity index (χ4n) is 1.23. The molecule has 0 saturated carbocycles. The number of hydrogen-bond acceptors (Lipinski definition) is 3. The van der Waals surface area contributed by atoms with Gasteiger partial charge in [-0.1, -0.05) is 0 Å². The van der Waals surface area contributed by atoms with Gasteiger partial charge in [-0.15, -0.1) is 0 Å². The molecule has 0 aliphatic rings. The number of pyridine rings is 1. The maximum atomic E-state index is 12.8. The fraction of sp³-hybridized carbons (Fsp3) is 0. The molecular formula is C12H8BrFN2O. The van der Waals surface area contributed by atoms with Gasteiger partial charge in [0.15, 0.2) is 5.82 Å². The molecule has 17 heavy (non-hydrogen) atoms. The lowest BCUT2D eigenvalue weighted by Gasteiger charge is -1.99. The molecule has 0 saturated heterocycles. The fourth-order valence-corrected chi connectivity index (χ4v) is 1.59. The van der Waals surface area contributed by atoms with Gasteiger partial charge in [0.05, 0.1) is 4.47 Å². The molecule has 2 rings (SSSR count). The quantitative estimate of drug-likeness (QED) is 0.863. The number of aromatic nitrogens is 1. The second kappa shape index (κ2) is 5.05. The van der Waals surface area contributed by atoms with Crippen molar-refractivity contribution >= 4 is 28.0 Å². The van der Waals surface area contributed by atoms with E-state index < -0.39 is 5.82 Å². The van der Waals surface area contributed by atoms with Crippen molar-refractivity contribution in [3.63, 3.8) is 0 Å². The smallest absolute Gasteiger partial charge is 0.166 e. The van der Waals surface area contributed by atoms with Crippen LogP contribution >= 0.6 is 15.9 Å². The van der Waals surface area contributed by atoms with Crippen molar-refractivity contribution in [3.05, 3.63) is 52.4 Å². The molecule has 5 heteroatoms. The van der Waals surface area contributed by atoms with Gasteiger partial charge < -0.3 is 5.11 Å². The number of hydrogen-bond donors (Lipinski definition) is 1. The molecule has 1 aromatic carbocycles. The third-order valence-corrected chi connectivity index (χ3v) is 2.68. The molecule has 86 valence electrons. The zero-order valence-electron chi connectivity index (χ0n) is 8.64. The van der Waals surface area contributed by atoms with Gasteiger partial charge in [-0.25, -0.2) is 14.4 Å². The van der Waals surface area contributed by atoms with Crippen LogP contribution in [0.15, 0.2) is 46.0 Å². The summed E-state index contributed by atoms with van der Waals surface area (Å²) in [6.07, 6.45) is 3.05. The Labute approximate surface area is 106 Å². The van der Waals surface area contributed by atoms with Crippen LogP contribution in [0.4, 0.5) is 10.2 Å². The van der Waals surface area contributed by atoms with E-state index in [-0.39, 0.29) is 5.75 Å². The van der Waals surface area contributed by atoms with Gasteiger partial charge in [0.25, 0.3) is 0 Å². The summed E-state index contributed by atoms with van der Waals surface area (Å²) in [5.41, 5.74) is 0.434. The van der Waals surface area contributed by atoms with E-state index in [1.807, 2.05) is 6.07 Å². The Morgan fingerprint density at radius 3 is 2.88 bits per heavy atom. The number of nitrogens with zero attached hydrogens (tertiary/aromatic N) is 2. The average Bonchev–Trinajstić information content (AvgIpc) is 2.30. The van der Waals surface area contributed by atoms with E-state index >= 15 is 0 Å². The first kappa shape index (κ1) is 11.7. The zero-order valence-corrected chi connectivity index (χ0v) is 10.2. The Kier molecular flexibility index (Phi) is 3.49. The number of benzene rings is 1. The highest BCUT2D eigenvalue weighted by Crippen LogP contribution is 2.22. The summed E-state index contributed by atoms with van der Waals surface area (Å²) >= 11 is 3.30. The first-order chi connectivity index (χ1) is 8.16. The largest absolute Gasteiger partial charge is 0.507 e. The topological polar surface area (TPSA) is 45.5 Å². The molecule has 2 aromatic rings. The van der Waals surface area contributed by atoms with Gasteiger partial charge in [0.1, 0.15) is 11.6 Å². The lowest BCUT2D eigenvalue weighted by Crippen LogP contribution is -1.84. The number of halogens is 2. The van der Waals surface area contributed by atoms with E-state index in [9.17, 15) is 9.50 Å². The van der Waals surface area contributed by atoms with Gasteiger partial charge in [-0.3, -0.25) is 0 Å². The predicted molar refractivity (Wildman–Crippen MR) is 67.3 cm³/mol. The number of aromatic hydroxyl groups is 1. The third-order valence-electron chi connectivity index (χ3n) is 2.06. The summed E-state index contributed by atoms with van der Waals surface area (Å²) in [7, 11) is 0. The van der Waals surface area contributed by atoms with Crippen LogP contribution in [0, 0.1) is 5.82 Å². The molecular weight excluding hydrogens is 287 g/mol. The highest BCUT2D eigenvalue weighted by molar-refractivity contribution is 9.10. The van der Waals surface area contributed by atoms with Crippen molar-refractivity contribution in [2.45, 2.75) is 0 Å². The second-order valence-corrected chi connectivity index (χ2v) is 4.12. The second-order valence-electron chi connectivity index (χ2n) is 3.27. The number of phenolic OH excluding ortho intramolecular Hbond substituents is 1. The molecule has 0 radical (unpaired) electrons. The summed E-state index contributed by atoms with van der Waals surface area (Å²) in [4.78, 5) is 8.14. The lowest BCUT2D eigenvalue weighted by atomic mass is 10.2. The first-order valence-electron chi connectivity index (χ1n) is 4.80. The molecule has 0 spiro atoms. The number of rotatable bonds is 2. The summed E-state index contributed by atoms with van der Waals surface area (Å²) in [5.74, 6) is -0.143. The van der Waals surface area contributed by atoms with Gasteiger partial charge >= 0.3 is 0 Å². The van der Waals surface area contributed by atoms with Crippen molar-refractivity contribution in [3.8, 4) is 5.75 Å². The Hall–Kier alpha value is -1.75. The highest BCUT2D eigenvalue weighted by atomic mass is 79.9. The van der Waals surface area contributed by atoms with Crippen LogP contribution in [-0.4, -0.2) is 16.3 Å². The van der Waals surface area contributed by atoms with Gasteiger partial charge in [-0.05, 0) is 40.2 Å². The molecule has 3 nitrogen and oxygen atoms in total. The molecule has 0 aliphatic heterocycles. The minimum absolute atomic E-state index is 0.152. The van der Waals surface area contributed by atoms with Crippen LogP contribution in [-0.2, 0) is 0 Å². The van der Waals surface area contributed by atoms with Crippen LogP contribution in [0.5, 0.6) is 5.75 Å². The SMILES string of the molecule is Oc1cc(F)ccc1/C=N/c1ncccc1Br. The van der Waals surface area contributed by atoms with Crippen molar-refractivity contribution < 1.29 is 9.50 Å². The monoisotopic (exact) mass is 294 g/mol. The van der Waals surface area contributed by atoms with Crippen LogP contribution in [0.1, 0.15) is 5.56 Å². The molecule has 0 amide bonds. The van der Waals surface area contributed by atoms with E-state index in [0.29, 0.717) is 11.4 Å². The van der Waals surface area contributed by atoms with Crippen molar-refractivity contribution in [1.82, 2.24) is 4.98 Å². The van der Waals surface area contributed by atoms with Crippen LogP contribution in [0.2, 0.25) is 0 Å². The van der Waals surface area contributed by atoms with E-state index in [4.69, 9.17) is 0 Å². The summed E-state index contributed by atoms with van der Waals surface area (Å²) in [6.45, 7) is 0. The van der Waals surface area contributed by atoms with E-state index in [1.165, 1.54) is 18.3 Å². The van der Waals surface area contributed by atoms with Gasteiger partial charge in [0, 0.05) is 24.0 Å². The molecule has 0 fully saturated rings. The maximum Gasteiger partial charge on any atom is 0.166 e. The zero-order chi connectivity index (χ0) is 12.3. The highest BCUT2D eigenvalue weighted by Gasteiger charge is 2.01. The molecule has 0 atom stereocenters. The molecule has 1 heterocycles. The van der Waals surface area contributed by atoms with Crippen LogP contribution in [0.25, 0.3) is 0 Å². The van der Waals surface area contributed by atoms with E-state index in [0.717, 1.165) is 10.5 Å². The van der Waals surface area contributed by atoms with Crippen molar-refractivity contribution in [2.24, 2.45) is 4.99 Å². The summed E-state index contributed by atoms with van der Waals surface area (Å²) in [5, 5.41) is 9.48. The van der Waals surface area contributed by atoms with Crippen molar-refractivity contribution in [1.29, 1.82) is 0 Å². The number of phenols is 1. The molecule has 0 aliphatic carbocycles. The normalized spacial score (nSPS) is 10.9. The minimum atomic E-state index is -0.487. The minimum Gasteiger partial charge on any atom is -0.507 e. The molecule has 1 N–H and O–H groups in total. The lowest BCUT2D eigenvalue weighted by molar-refractivity contribution is 0.468. The Bertz CT molecular complexity index is 572. The third kappa shape index (κ3) is 2.88. The average molecular weight is 295 g/mol. The first-order valence-corrected chi connectivity index (χ1v) is 5.59. The van der Waals surface area contributed by atoms with Crippen LogP contribution < -0.4 is 0 Å². The van der Waals surface area contributed by atoms with Crippen LogP contribution in [0.3, 0.4) is 0 Å². The Morgan fingerprint density at radius 2 is 2.18 bits per heavy atom. The van der Waals surface area contributed by atoms with Gasteiger partial charge in [-0.2, -0.15) is 0 Å². The molecule has 0 unspecified atom stereocenters. The van der Waals surface area contributed by atoms with E-state index in [2.05, 4.69) is 25.9 Å². The van der Waals surface area contributed by atoms with Crippen molar-refractivity contribution in [2.75, 3.05) is 0 Å².